The standard InChI is InChI=1S/C13H18N4S/c1-9-10(2)16-17-12(15-9)14-8-13(3,4)11-6-5-7-18-11/h5-7H,8H2,1-4H3,(H,14,15,17). The van der Waals surface area contributed by atoms with Crippen molar-refractivity contribution in [2.75, 3.05) is 11.9 Å². The number of hydrogen-bond acceptors (Lipinski definition) is 5. The fourth-order valence-electron chi connectivity index (χ4n) is 1.58. The van der Waals surface area contributed by atoms with Gasteiger partial charge in [-0.15, -0.1) is 16.4 Å². The van der Waals surface area contributed by atoms with E-state index in [1.54, 1.807) is 11.3 Å². The highest BCUT2D eigenvalue weighted by Crippen LogP contribution is 2.27. The van der Waals surface area contributed by atoms with Crippen LogP contribution in [0.15, 0.2) is 17.5 Å². The molecule has 0 fully saturated rings. The first kappa shape index (κ1) is 13.0. The first-order chi connectivity index (χ1) is 8.49. The van der Waals surface area contributed by atoms with Crippen LogP contribution in [0.1, 0.15) is 30.1 Å². The Morgan fingerprint density at radius 2 is 2.00 bits per heavy atom. The molecule has 2 heterocycles. The second kappa shape index (κ2) is 5.02. The molecule has 2 aromatic rings. The van der Waals surface area contributed by atoms with Crippen LogP contribution in [0.3, 0.4) is 0 Å². The first-order valence-corrected chi connectivity index (χ1v) is 6.83. The normalized spacial score (nSPS) is 11.6. The maximum absolute atomic E-state index is 4.38. The van der Waals surface area contributed by atoms with E-state index < -0.39 is 0 Å². The Bertz CT molecular complexity index is 520. The van der Waals surface area contributed by atoms with Crippen molar-refractivity contribution in [3.05, 3.63) is 33.8 Å². The molecular formula is C13H18N4S. The van der Waals surface area contributed by atoms with Gasteiger partial charge in [0.1, 0.15) is 0 Å². The van der Waals surface area contributed by atoms with E-state index in [0.29, 0.717) is 5.95 Å². The summed E-state index contributed by atoms with van der Waals surface area (Å²) in [5.74, 6) is 0.600. The minimum absolute atomic E-state index is 0.0658. The molecule has 0 radical (unpaired) electrons. The highest BCUT2D eigenvalue weighted by Gasteiger charge is 2.21. The van der Waals surface area contributed by atoms with Crippen molar-refractivity contribution in [2.24, 2.45) is 0 Å². The summed E-state index contributed by atoms with van der Waals surface area (Å²) in [6.07, 6.45) is 0. The van der Waals surface area contributed by atoms with Gasteiger partial charge in [0.25, 0.3) is 0 Å². The monoisotopic (exact) mass is 262 g/mol. The highest BCUT2D eigenvalue weighted by atomic mass is 32.1. The first-order valence-electron chi connectivity index (χ1n) is 5.95. The SMILES string of the molecule is Cc1nnc(NCC(C)(C)c2cccs2)nc1C. The van der Waals surface area contributed by atoms with E-state index in [1.807, 2.05) is 13.8 Å². The lowest BCUT2D eigenvalue weighted by molar-refractivity contribution is 0.566. The van der Waals surface area contributed by atoms with E-state index in [2.05, 4.69) is 51.9 Å². The van der Waals surface area contributed by atoms with Gasteiger partial charge >= 0.3 is 0 Å². The van der Waals surface area contributed by atoms with Crippen molar-refractivity contribution in [3.8, 4) is 0 Å². The Kier molecular flexibility index (Phi) is 3.61. The number of nitrogens with zero attached hydrogens (tertiary/aromatic N) is 3. The molecule has 0 unspecified atom stereocenters. The average molecular weight is 262 g/mol. The van der Waals surface area contributed by atoms with Crippen molar-refractivity contribution in [1.29, 1.82) is 0 Å². The summed E-state index contributed by atoms with van der Waals surface area (Å²) in [6, 6.07) is 4.24. The van der Waals surface area contributed by atoms with Crippen molar-refractivity contribution in [3.63, 3.8) is 0 Å². The summed E-state index contributed by atoms with van der Waals surface area (Å²) in [5.41, 5.74) is 1.86. The number of nitrogens with one attached hydrogen (secondary N) is 1. The van der Waals surface area contributed by atoms with Gasteiger partial charge in [-0.2, -0.15) is 5.10 Å². The molecule has 2 aromatic heterocycles. The molecule has 2 rings (SSSR count). The van der Waals surface area contributed by atoms with E-state index >= 15 is 0 Å². The maximum atomic E-state index is 4.38. The zero-order chi connectivity index (χ0) is 13.2. The molecule has 0 aliphatic heterocycles. The van der Waals surface area contributed by atoms with Gasteiger partial charge in [0, 0.05) is 16.8 Å². The fourth-order valence-corrected chi connectivity index (χ4v) is 2.43. The average Bonchev–Trinajstić information content (AvgIpc) is 2.85. The van der Waals surface area contributed by atoms with E-state index in [-0.39, 0.29) is 5.41 Å². The number of aromatic nitrogens is 3. The molecule has 18 heavy (non-hydrogen) atoms. The number of hydrogen-bond donors (Lipinski definition) is 1. The van der Waals surface area contributed by atoms with Crippen LogP contribution in [0, 0.1) is 13.8 Å². The molecule has 1 N–H and O–H groups in total. The van der Waals surface area contributed by atoms with E-state index in [0.717, 1.165) is 17.9 Å². The Hall–Kier alpha value is -1.49. The lowest BCUT2D eigenvalue weighted by atomic mass is 9.91. The van der Waals surface area contributed by atoms with Gasteiger partial charge in [0.15, 0.2) is 0 Å². The third-order valence-corrected chi connectivity index (χ3v) is 4.20. The Morgan fingerprint density at radius 3 is 2.61 bits per heavy atom. The van der Waals surface area contributed by atoms with Crippen LogP contribution in [0.2, 0.25) is 0 Å². The van der Waals surface area contributed by atoms with E-state index in [9.17, 15) is 0 Å². The van der Waals surface area contributed by atoms with Gasteiger partial charge in [-0.05, 0) is 25.3 Å². The third kappa shape index (κ3) is 2.85. The molecular weight excluding hydrogens is 244 g/mol. The van der Waals surface area contributed by atoms with Crippen molar-refractivity contribution < 1.29 is 0 Å². The van der Waals surface area contributed by atoms with Crippen molar-refractivity contribution in [2.45, 2.75) is 33.1 Å². The summed E-state index contributed by atoms with van der Waals surface area (Å²) >= 11 is 1.77. The second-order valence-electron chi connectivity index (χ2n) is 5.02. The van der Waals surface area contributed by atoms with Crippen LogP contribution in [-0.4, -0.2) is 21.7 Å². The van der Waals surface area contributed by atoms with Gasteiger partial charge in [0.2, 0.25) is 5.95 Å². The molecule has 0 saturated heterocycles. The van der Waals surface area contributed by atoms with E-state index in [4.69, 9.17) is 0 Å². The van der Waals surface area contributed by atoms with Gasteiger partial charge in [-0.1, -0.05) is 19.9 Å². The zero-order valence-corrected chi connectivity index (χ0v) is 12.0. The smallest absolute Gasteiger partial charge is 0.242 e. The third-order valence-electron chi connectivity index (χ3n) is 2.97. The summed E-state index contributed by atoms with van der Waals surface area (Å²) in [7, 11) is 0. The number of rotatable bonds is 4. The predicted molar refractivity (Wildman–Crippen MR) is 75.1 cm³/mol. The lowest BCUT2D eigenvalue weighted by Crippen LogP contribution is -2.27. The minimum atomic E-state index is 0.0658. The summed E-state index contributed by atoms with van der Waals surface area (Å²) in [5, 5.41) is 13.5. The van der Waals surface area contributed by atoms with Crippen molar-refractivity contribution >= 4 is 17.3 Å². The number of aryl methyl sites for hydroxylation is 2. The topological polar surface area (TPSA) is 50.7 Å². The van der Waals surface area contributed by atoms with Crippen LogP contribution in [-0.2, 0) is 5.41 Å². The molecule has 0 amide bonds. The molecule has 0 aliphatic carbocycles. The molecule has 0 aromatic carbocycles. The number of thiophene rings is 1. The maximum Gasteiger partial charge on any atom is 0.242 e. The van der Waals surface area contributed by atoms with Crippen LogP contribution >= 0.6 is 11.3 Å². The predicted octanol–water partition coefficient (Wildman–Crippen LogP) is 2.94. The Labute approximate surface area is 111 Å². The van der Waals surface area contributed by atoms with Gasteiger partial charge < -0.3 is 5.32 Å². The van der Waals surface area contributed by atoms with Crippen LogP contribution in [0.25, 0.3) is 0 Å². The Morgan fingerprint density at radius 1 is 1.22 bits per heavy atom. The van der Waals surface area contributed by atoms with Crippen LogP contribution in [0.4, 0.5) is 5.95 Å². The molecule has 0 atom stereocenters. The van der Waals surface area contributed by atoms with E-state index in [1.165, 1.54) is 4.88 Å². The molecule has 4 nitrogen and oxygen atoms in total. The molecule has 96 valence electrons. The van der Waals surface area contributed by atoms with Crippen LogP contribution < -0.4 is 5.32 Å². The molecule has 0 saturated carbocycles. The molecule has 0 bridgehead atoms. The van der Waals surface area contributed by atoms with Gasteiger partial charge in [-0.3, -0.25) is 0 Å². The highest BCUT2D eigenvalue weighted by molar-refractivity contribution is 7.10. The molecule has 5 heteroatoms. The van der Waals surface area contributed by atoms with Crippen molar-refractivity contribution in [1.82, 2.24) is 15.2 Å². The molecule has 0 aliphatic rings. The Balaban J connectivity index is 2.05. The summed E-state index contributed by atoms with van der Waals surface area (Å²) < 4.78 is 0. The zero-order valence-electron chi connectivity index (χ0n) is 11.2. The van der Waals surface area contributed by atoms with Gasteiger partial charge in [-0.25, -0.2) is 4.98 Å². The minimum Gasteiger partial charge on any atom is -0.352 e. The van der Waals surface area contributed by atoms with Crippen LogP contribution in [0.5, 0.6) is 0 Å². The summed E-state index contributed by atoms with van der Waals surface area (Å²) in [6.45, 7) is 9.06. The lowest BCUT2D eigenvalue weighted by Gasteiger charge is -2.23. The fraction of sp³-hybridized carbons (Fsp3) is 0.462. The molecule has 0 spiro atoms. The van der Waals surface area contributed by atoms with Gasteiger partial charge in [0.05, 0.1) is 11.4 Å². The summed E-state index contributed by atoms with van der Waals surface area (Å²) in [4.78, 5) is 5.73. The number of anilines is 1. The quantitative estimate of drug-likeness (QED) is 0.920. The second-order valence-corrected chi connectivity index (χ2v) is 5.97. The largest absolute Gasteiger partial charge is 0.352 e.